The smallest absolute Gasteiger partial charge is 0.133 e. The first kappa shape index (κ1) is 12.5. The summed E-state index contributed by atoms with van der Waals surface area (Å²) in [7, 11) is 0. The van der Waals surface area contributed by atoms with E-state index in [9.17, 15) is 5.11 Å². The summed E-state index contributed by atoms with van der Waals surface area (Å²) in [4.78, 5) is 4.15. The molecule has 1 fully saturated rings. The molecule has 2 rings (SSSR count). The molecule has 2 unspecified atom stereocenters. The van der Waals surface area contributed by atoms with Gasteiger partial charge in [-0.25, -0.2) is 4.98 Å². The molecule has 0 spiro atoms. The summed E-state index contributed by atoms with van der Waals surface area (Å²) in [5.74, 6) is 1.20. The number of rotatable bonds is 3. The number of hydrogen-bond donors (Lipinski definition) is 3. The van der Waals surface area contributed by atoms with Crippen molar-refractivity contribution in [2.75, 3.05) is 17.6 Å². The van der Waals surface area contributed by atoms with Gasteiger partial charge >= 0.3 is 0 Å². The van der Waals surface area contributed by atoms with Gasteiger partial charge in [-0.2, -0.15) is 0 Å². The number of hydrogen-bond acceptors (Lipinski definition) is 4. The molecule has 0 radical (unpaired) electrons. The third kappa shape index (κ3) is 3.75. The Morgan fingerprint density at radius 2 is 2.29 bits per heavy atom. The Morgan fingerprint density at radius 1 is 1.47 bits per heavy atom. The van der Waals surface area contributed by atoms with Gasteiger partial charge in [0, 0.05) is 18.3 Å². The van der Waals surface area contributed by atoms with Gasteiger partial charge in [-0.15, -0.1) is 0 Å². The Morgan fingerprint density at radius 3 is 3.00 bits per heavy atom. The van der Waals surface area contributed by atoms with Gasteiger partial charge in [-0.1, -0.05) is 18.0 Å². The van der Waals surface area contributed by atoms with Crippen LogP contribution in [0, 0.1) is 5.92 Å². The molecule has 0 amide bonds. The van der Waals surface area contributed by atoms with Gasteiger partial charge in [0.05, 0.1) is 6.10 Å². The Kier molecular flexibility index (Phi) is 4.07. The highest BCUT2D eigenvalue weighted by molar-refractivity contribution is 6.29. The Hall–Kier alpha value is -1.00. The maximum atomic E-state index is 9.58. The van der Waals surface area contributed by atoms with Gasteiger partial charge in [0.1, 0.15) is 11.0 Å². The molecule has 1 aromatic heterocycles. The summed E-state index contributed by atoms with van der Waals surface area (Å²) in [6.07, 6.45) is 3.90. The van der Waals surface area contributed by atoms with E-state index in [1.807, 2.05) is 0 Å². The van der Waals surface area contributed by atoms with Crippen molar-refractivity contribution in [3.63, 3.8) is 0 Å². The van der Waals surface area contributed by atoms with E-state index in [-0.39, 0.29) is 6.10 Å². The van der Waals surface area contributed by atoms with E-state index in [0.29, 0.717) is 22.6 Å². The molecule has 1 saturated carbocycles. The Bertz CT molecular complexity index is 366. The molecule has 0 aliphatic heterocycles. The molecule has 1 aliphatic carbocycles. The van der Waals surface area contributed by atoms with Crippen molar-refractivity contribution < 1.29 is 5.11 Å². The Labute approximate surface area is 106 Å². The maximum absolute atomic E-state index is 9.58. The molecule has 4 nitrogen and oxygen atoms in total. The SMILES string of the molecule is Nc1cc(Cl)nc(NCC2CCCC(O)C2)c1. The van der Waals surface area contributed by atoms with Crippen molar-refractivity contribution in [3.8, 4) is 0 Å². The van der Waals surface area contributed by atoms with Gasteiger partial charge < -0.3 is 16.2 Å². The van der Waals surface area contributed by atoms with Crippen LogP contribution in [0.4, 0.5) is 11.5 Å². The predicted octanol–water partition coefficient (Wildman–Crippen LogP) is 2.28. The third-order valence-electron chi connectivity index (χ3n) is 3.14. The fourth-order valence-electron chi connectivity index (χ4n) is 2.30. The molecule has 5 heteroatoms. The van der Waals surface area contributed by atoms with E-state index >= 15 is 0 Å². The minimum atomic E-state index is -0.145. The summed E-state index contributed by atoms with van der Waals surface area (Å²) in [5, 5.41) is 13.2. The van der Waals surface area contributed by atoms with Gasteiger partial charge in [-0.3, -0.25) is 0 Å². The third-order valence-corrected chi connectivity index (χ3v) is 3.34. The highest BCUT2D eigenvalue weighted by Gasteiger charge is 2.19. The van der Waals surface area contributed by atoms with Gasteiger partial charge in [0.2, 0.25) is 0 Å². The first-order valence-corrected chi connectivity index (χ1v) is 6.36. The molecule has 94 valence electrons. The van der Waals surface area contributed by atoms with Gasteiger partial charge in [0.15, 0.2) is 0 Å². The Balaban J connectivity index is 1.88. The number of nitrogens with zero attached hydrogens (tertiary/aromatic N) is 1. The fourth-order valence-corrected chi connectivity index (χ4v) is 2.52. The molecule has 2 atom stereocenters. The van der Waals surface area contributed by atoms with Crippen LogP contribution in [0.3, 0.4) is 0 Å². The monoisotopic (exact) mass is 255 g/mol. The summed E-state index contributed by atoms with van der Waals surface area (Å²) >= 11 is 5.82. The number of aliphatic hydroxyl groups excluding tert-OH is 1. The summed E-state index contributed by atoms with van der Waals surface area (Å²) in [6, 6.07) is 3.39. The number of aromatic nitrogens is 1. The predicted molar refractivity (Wildman–Crippen MR) is 70.1 cm³/mol. The molecule has 1 aromatic rings. The summed E-state index contributed by atoms with van der Waals surface area (Å²) < 4.78 is 0. The van der Waals surface area contributed by atoms with Crippen LogP contribution in [0.25, 0.3) is 0 Å². The van der Waals surface area contributed by atoms with Crippen LogP contribution in [-0.4, -0.2) is 22.7 Å². The first-order chi connectivity index (χ1) is 8.13. The number of anilines is 2. The number of nitrogens with one attached hydrogen (secondary N) is 1. The molecular weight excluding hydrogens is 238 g/mol. The minimum Gasteiger partial charge on any atom is -0.399 e. The number of aliphatic hydroxyl groups is 1. The molecule has 1 heterocycles. The van der Waals surface area contributed by atoms with E-state index in [1.165, 1.54) is 0 Å². The first-order valence-electron chi connectivity index (χ1n) is 5.98. The lowest BCUT2D eigenvalue weighted by molar-refractivity contribution is 0.104. The maximum Gasteiger partial charge on any atom is 0.133 e. The second kappa shape index (κ2) is 5.56. The van der Waals surface area contributed by atoms with E-state index in [1.54, 1.807) is 12.1 Å². The zero-order valence-electron chi connectivity index (χ0n) is 9.69. The minimum absolute atomic E-state index is 0.145. The van der Waals surface area contributed by atoms with Gasteiger partial charge in [0.25, 0.3) is 0 Å². The number of nitrogen functional groups attached to an aromatic ring is 1. The van der Waals surface area contributed by atoms with Crippen LogP contribution >= 0.6 is 11.6 Å². The summed E-state index contributed by atoms with van der Waals surface area (Å²) in [6.45, 7) is 0.809. The van der Waals surface area contributed by atoms with Crippen LogP contribution in [0.5, 0.6) is 0 Å². The van der Waals surface area contributed by atoms with Crippen molar-refractivity contribution in [2.45, 2.75) is 31.8 Å². The van der Waals surface area contributed by atoms with E-state index < -0.39 is 0 Å². The fraction of sp³-hybridized carbons (Fsp3) is 0.583. The number of pyridine rings is 1. The zero-order valence-corrected chi connectivity index (χ0v) is 10.5. The van der Waals surface area contributed by atoms with Crippen LogP contribution in [-0.2, 0) is 0 Å². The molecule has 0 saturated heterocycles. The molecule has 1 aliphatic rings. The molecule has 0 aromatic carbocycles. The average molecular weight is 256 g/mol. The quantitative estimate of drug-likeness (QED) is 0.725. The zero-order chi connectivity index (χ0) is 12.3. The summed E-state index contributed by atoms with van der Waals surface area (Å²) in [5.41, 5.74) is 6.29. The van der Waals surface area contributed by atoms with Crippen molar-refractivity contribution >= 4 is 23.1 Å². The highest BCUT2D eigenvalue weighted by Crippen LogP contribution is 2.25. The topological polar surface area (TPSA) is 71.2 Å². The van der Waals surface area contributed by atoms with Crippen LogP contribution in [0.2, 0.25) is 5.15 Å². The second-order valence-corrected chi connectivity index (χ2v) is 5.06. The molecule has 0 bridgehead atoms. The number of halogens is 1. The lowest BCUT2D eigenvalue weighted by Crippen LogP contribution is -2.25. The van der Waals surface area contributed by atoms with E-state index in [4.69, 9.17) is 17.3 Å². The van der Waals surface area contributed by atoms with Crippen molar-refractivity contribution in [1.82, 2.24) is 4.98 Å². The van der Waals surface area contributed by atoms with Gasteiger partial charge in [-0.05, 0) is 31.2 Å². The van der Waals surface area contributed by atoms with Crippen molar-refractivity contribution in [2.24, 2.45) is 5.92 Å². The largest absolute Gasteiger partial charge is 0.399 e. The molecule has 4 N–H and O–H groups in total. The van der Waals surface area contributed by atoms with Crippen LogP contribution in [0.15, 0.2) is 12.1 Å². The van der Waals surface area contributed by atoms with Crippen LogP contribution in [0.1, 0.15) is 25.7 Å². The van der Waals surface area contributed by atoms with E-state index in [0.717, 1.165) is 32.2 Å². The second-order valence-electron chi connectivity index (χ2n) is 4.68. The normalized spacial score (nSPS) is 24.6. The van der Waals surface area contributed by atoms with E-state index in [2.05, 4.69) is 10.3 Å². The van der Waals surface area contributed by atoms with Crippen molar-refractivity contribution in [1.29, 1.82) is 0 Å². The lowest BCUT2D eigenvalue weighted by Gasteiger charge is -2.26. The average Bonchev–Trinajstić information content (AvgIpc) is 2.25. The number of nitrogens with two attached hydrogens (primary N) is 1. The molecular formula is C12H18ClN3O. The van der Waals surface area contributed by atoms with Crippen LogP contribution < -0.4 is 11.1 Å². The molecule has 17 heavy (non-hydrogen) atoms. The standard InChI is InChI=1S/C12H18ClN3O/c13-11-5-9(14)6-12(16-11)15-7-8-2-1-3-10(17)4-8/h5-6,8,10,17H,1-4,7H2,(H3,14,15,16). The van der Waals surface area contributed by atoms with Crippen molar-refractivity contribution in [3.05, 3.63) is 17.3 Å². The highest BCUT2D eigenvalue weighted by atomic mass is 35.5. The lowest BCUT2D eigenvalue weighted by atomic mass is 9.87.